The van der Waals surface area contributed by atoms with Crippen molar-refractivity contribution in [3.05, 3.63) is 29.3 Å². The number of fused-ring (bicyclic) bond motifs is 1. The predicted molar refractivity (Wildman–Crippen MR) is 78.2 cm³/mol. The molecule has 1 aliphatic rings. The molecule has 0 unspecified atom stereocenters. The fraction of sp³-hybridized carbons (Fsp3) is 0.500. The van der Waals surface area contributed by atoms with Gasteiger partial charge in [-0.25, -0.2) is 9.97 Å². The summed E-state index contributed by atoms with van der Waals surface area (Å²) in [6.45, 7) is 0.642. The van der Waals surface area contributed by atoms with E-state index >= 15 is 0 Å². The molecule has 6 nitrogen and oxygen atoms in total. The first kappa shape index (κ1) is 12.9. The summed E-state index contributed by atoms with van der Waals surface area (Å²) in [5.41, 5.74) is 9.42. The van der Waals surface area contributed by atoms with Gasteiger partial charge in [0.25, 0.3) is 0 Å². The Kier molecular flexibility index (Phi) is 3.54. The predicted octanol–water partition coefficient (Wildman–Crippen LogP) is 1.67. The van der Waals surface area contributed by atoms with Gasteiger partial charge in [0.15, 0.2) is 0 Å². The summed E-state index contributed by atoms with van der Waals surface area (Å²) in [6, 6.07) is 0. The first-order valence-electron chi connectivity index (χ1n) is 7.08. The molecule has 0 saturated carbocycles. The van der Waals surface area contributed by atoms with E-state index in [4.69, 9.17) is 5.73 Å². The zero-order chi connectivity index (χ0) is 13.9. The second-order valence-electron chi connectivity index (χ2n) is 5.24. The van der Waals surface area contributed by atoms with E-state index in [0.29, 0.717) is 12.4 Å². The Hall–Kier alpha value is -2.11. The van der Waals surface area contributed by atoms with E-state index in [1.165, 1.54) is 30.5 Å². The van der Waals surface area contributed by atoms with Crippen LogP contribution >= 0.6 is 0 Å². The minimum atomic E-state index is 0.642. The van der Waals surface area contributed by atoms with Crippen LogP contribution in [0.15, 0.2) is 12.5 Å². The molecule has 0 radical (unpaired) electrons. The number of hydrogen-bond donors (Lipinski definition) is 2. The van der Waals surface area contributed by atoms with Crippen molar-refractivity contribution in [1.29, 1.82) is 0 Å². The number of nitrogens with zero attached hydrogens (tertiary/aromatic N) is 4. The molecule has 20 heavy (non-hydrogen) atoms. The quantitative estimate of drug-likeness (QED) is 0.831. The zero-order valence-electron chi connectivity index (χ0n) is 11.8. The summed E-state index contributed by atoms with van der Waals surface area (Å²) in [6.07, 6.45) is 9.26. The molecule has 2 aromatic heterocycles. The number of rotatable bonds is 3. The first-order valence-corrected chi connectivity index (χ1v) is 7.08. The second-order valence-corrected chi connectivity index (χ2v) is 5.24. The van der Waals surface area contributed by atoms with Gasteiger partial charge in [0.05, 0.1) is 6.20 Å². The lowest BCUT2D eigenvalue weighted by Crippen LogP contribution is -2.09. The third-order valence-electron chi connectivity index (χ3n) is 3.89. The maximum absolute atomic E-state index is 5.96. The monoisotopic (exact) mass is 272 g/mol. The Morgan fingerprint density at radius 1 is 1.25 bits per heavy atom. The van der Waals surface area contributed by atoms with Gasteiger partial charge < -0.3 is 11.1 Å². The van der Waals surface area contributed by atoms with Gasteiger partial charge in [-0.05, 0) is 25.7 Å². The highest BCUT2D eigenvalue weighted by molar-refractivity contribution is 5.49. The van der Waals surface area contributed by atoms with Crippen molar-refractivity contribution in [2.75, 3.05) is 11.1 Å². The van der Waals surface area contributed by atoms with Crippen molar-refractivity contribution < 1.29 is 0 Å². The van der Waals surface area contributed by atoms with Crippen LogP contribution in [0.1, 0.15) is 36.1 Å². The van der Waals surface area contributed by atoms with Crippen LogP contribution < -0.4 is 11.1 Å². The second kappa shape index (κ2) is 5.48. The van der Waals surface area contributed by atoms with Crippen molar-refractivity contribution in [3.63, 3.8) is 0 Å². The van der Waals surface area contributed by atoms with E-state index in [0.717, 1.165) is 24.2 Å². The summed E-state index contributed by atoms with van der Waals surface area (Å²) in [7, 11) is 1.84. The lowest BCUT2D eigenvalue weighted by molar-refractivity contribution is 0.709. The molecule has 106 valence electrons. The Morgan fingerprint density at radius 3 is 2.90 bits per heavy atom. The van der Waals surface area contributed by atoms with Crippen LogP contribution in [0.2, 0.25) is 0 Å². The highest BCUT2D eigenvalue weighted by atomic mass is 15.3. The Labute approximate surface area is 118 Å². The van der Waals surface area contributed by atoms with Crippen LogP contribution in [0.25, 0.3) is 0 Å². The minimum Gasteiger partial charge on any atom is -0.384 e. The molecule has 1 aliphatic carbocycles. The number of aryl methyl sites for hydroxylation is 2. The Bertz CT molecular complexity index is 604. The van der Waals surface area contributed by atoms with Crippen molar-refractivity contribution in [2.24, 2.45) is 7.05 Å². The molecule has 0 bridgehead atoms. The van der Waals surface area contributed by atoms with Gasteiger partial charge in [-0.2, -0.15) is 5.10 Å². The molecule has 6 heteroatoms. The first-order chi connectivity index (χ1) is 9.75. The third-order valence-corrected chi connectivity index (χ3v) is 3.89. The maximum Gasteiger partial charge on any atom is 0.133 e. The fourth-order valence-electron chi connectivity index (χ4n) is 2.66. The molecular formula is C14H20N6. The SMILES string of the molecule is Cn1ncc(CNc2ncnc3c2CCCCC3)c1N. The summed E-state index contributed by atoms with van der Waals surface area (Å²) in [4.78, 5) is 8.82. The highest BCUT2D eigenvalue weighted by Crippen LogP contribution is 2.24. The number of hydrogen-bond acceptors (Lipinski definition) is 5. The molecule has 0 saturated heterocycles. The molecule has 0 spiro atoms. The van der Waals surface area contributed by atoms with Gasteiger partial charge >= 0.3 is 0 Å². The van der Waals surface area contributed by atoms with Gasteiger partial charge in [0.1, 0.15) is 18.0 Å². The van der Waals surface area contributed by atoms with E-state index in [2.05, 4.69) is 20.4 Å². The van der Waals surface area contributed by atoms with E-state index in [1.807, 2.05) is 7.05 Å². The highest BCUT2D eigenvalue weighted by Gasteiger charge is 2.14. The van der Waals surface area contributed by atoms with Crippen LogP contribution in [0.3, 0.4) is 0 Å². The molecule has 2 heterocycles. The number of aromatic nitrogens is 4. The topological polar surface area (TPSA) is 81.7 Å². The molecule has 3 rings (SSSR count). The molecule has 0 amide bonds. The summed E-state index contributed by atoms with van der Waals surface area (Å²) >= 11 is 0. The van der Waals surface area contributed by atoms with E-state index in [9.17, 15) is 0 Å². The van der Waals surface area contributed by atoms with Gasteiger partial charge in [-0.1, -0.05) is 6.42 Å². The number of nitrogen functional groups attached to an aromatic ring is 1. The molecule has 2 aromatic rings. The van der Waals surface area contributed by atoms with Gasteiger partial charge in [-0.3, -0.25) is 4.68 Å². The third kappa shape index (κ3) is 2.45. The lowest BCUT2D eigenvalue weighted by Gasteiger charge is -2.12. The van der Waals surface area contributed by atoms with Gasteiger partial charge in [0, 0.05) is 30.4 Å². The fourth-order valence-corrected chi connectivity index (χ4v) is 2.66. The Morgan fingerprint density at radius 2 is 2.10 bits per heavy atom. The zero-order valence-corrected chi connectivity index (χ0v) is 11.8. The van der Waals surface area contributed by atoms with Crippen LogP contribution in [-0.4, -0.2) is 19.7 Å². The standard InChI is InChI=1S/C14H20N6/c1-20-13(15)10(8-19-20)7-16-14-11-5-3-2-4-6-12(11)17-9-18-14/h8-9H,2-7,15H2,1H3,(H,16,17,18). The van der Waals surface area contributed by atoms with Crippen LogP contribution in [0, 0.1) is 0 Å². The van der Waals surface area contributed by atoms with Crippen molar-refractivity contribution in [2.45, 2.75) is 38.6 Å². The summed E-state index contributed by atoms with van der Waals surface area (Å²) < 4.78 is 1.68. The average molecular weight is 272 g/mol. The molecule has 0 fully saturated rings. The number of nitrogens with one attached hydrogen (secondary N) is 1. The lowest BCUT2D eigenvalue weighted by atomic mass is 10.1. The molecule has 3 N–H and O–H groups in total. The van der Waals surface area contributed by atoms with Gasteiger partial charge in [-0.15, -0.1) is 0 Å². The minimum absolute atomic E-state index is 0.642. The van der Waals surface area contributed by atoms with Crippen molar-refractivity contribution in [1.82, 2.24) is 19.7 Å². The molecule has 0 atom stereocenters. The smallest absolute Gasteiger partial charge is 0.133 e. The van der Waals surface area contributed by atoms with Crippen LogP contribution in [0.4, 0.5) is 11.6 Å². The average Bonchev–Trinajstić information content (AvgIpc) is 2.69. The molecule has 0 aromatic carbocycles. The Balaban J connectivity index is 1.79. The number of nitrogens with two attached hydrogens (primary N) is 1. The van der Waals surface area contributed by atoms with Crippen LogP contribution in [0.5, 0.6) is 0 Å². The van der Waals surface area contributed by atoms with E-state index in [-0.39, 0.29) is 0 Å². The maximum atomic E-state index is 5.96. The van der Waals surface area contributed by atoms with E-state index in [1.54, 1.807) is 17.2 Å². The molecule has 0 aliphatic heterocycles. The summed E-state index contributed by atoms with van der Waals surface area (Å²) in [5, 5.41) is 7.54. The number of anilines is 2. The van der Waals surface area contributed by atoms with Crippen molar-refractivity contribution >= 4 is 11.6 Å². The molecular weight excluding hydrogens is 252 g/mol. The van der Waals surface area contributed by atoms with Gasteiger partial charge in [0.2, 0.25) is 0 Å². The van der Waals surface area contributed by atoms with Crippen LogP contribution in [-0.2, 0) is 26.4 Å². The van der Waals surface area contributed by atoms with Crippen molar-refractivity contribution in [3.8, 4) is 0 Å². The largest absolute Gasteiger partial charge is 0.384 e. The normalized spacial score (nSPS) is 14.7. The summed E-state index contributed by atoms with van der Waals surface area (Å²) in [5.74, 6) is 1.64. The van der Waals surface area contributed by atoms with E-state index < -0.39 is 0 Å².